The molecule has 1 atom stereocenters. The largest absolute Gasteiger partial charge is 0.390 e. The van der Waals surface area contributed by atoms with Gasteiger partial charge in [0.25, 0.3) is 0 Å². The summed E-state index contributed by atoms with van der Waals surface area (Å²) in [5.74, 6) is 0.786. The van der Waals surface area contributed by atoms with Gasteiger partial charge >= 0.3 is 0 Å². The first kappa shape index (κ1) is 12.7. The van der Waals surface area contributed by atoms with E-state index in [4.69, 9.17) is 9.57 Å². The van der Waals surface area contributed by atoms with E-state index in [0.29, 0.717) is 6.04 Å². The average Bonchev–Trinajstić information content (AvgIpc) is 3.20. The van der Waals surface area contributed by atoms with Crippen LogP contribution < -0.4 is 21.6 Å². The van der Waals surface area contributed by atoms with E-state index in [-0.39, 0.29) is 0 Å². The van der Waals surface area contributed by atoms with Crippen molar-refractivity contribution in [3.05, 3.63) is 36.5 Å². The molecule has 8 heteroatoms. The van der Waals surface area contributed by atoms with Crippen molar-refractivity contribution in [3.8, 4) is 0 Å². The summed E-state index contributed by atoms with van der Waals surface area (Å²) in [6.45, 7) is 1.56. The molecule has 0 spiro atoms. The van der Waals surface area contributed by atoms with Crippen molar-refractivity contribution in [1.29, 1.82) is 0 Å². The van der Waals surface area contributed by atoms with Gasteiger partial charge in [0.2, 0.25) is 0 Å². The zero-order valence-electron chi connectivity index (χ0n) is 11.5. The Labute approximate surface area is 122 Å². The van der Waals surface area contributed by atoms with Gasteiger partial charge in [0.1, 0.15) is 6.26 Å². The zero-order chi connectivity index (χ0) is 14.1. The minimum absolute atomic E-state index is 0.343. The molecular formula is C13H18N6O2. The molecule has 112 valence electrons. The van der Waals surface area contributed by atoms with Crippen molar-refractivity contribution in [2.45, 2.75) is 24.5 Å². The van der Waals surface area contributed by atoms with Crippen LogP contribution >= 0.6 is 0 Å². The molecule has 1 fully saturated rings. The minimum atomic E-state index is -0.626. The fourth-order valence-electron chi connectivity index (χ4n) is 2.93. The van der Waals surface area contributed by atoms with Crippen molar-refractivity contribution in [1.82, 2.24) is 26.8 Å². The van der Waals surface area contributed by atoms with Crippen LogP contribution in [0.4, 0.5) is 0 Å². The van der Waals surface area contributed by atoms with Crippen LogP contribution in [0.2, 0.25) is 0 Å². The maximum atomic E-state index is 5.59. The second kappa shape index (κ2) is 5.06. The monoisotopic (exact) mass is 290 g/mol. The van der Waals surface area contributed by atoms with Crippen LogP contribution in [0.5, 0.6) is 0 Å². The highest BCUT2D eigenvalue weighted by atomic mass is 16.7. The minimum Gasteiger partial charge on any atom is -0.390 e. The van der Waals surface area contributed by atoms with E-state index in [1.54, 1.807) is 23.8 Å². The summed E-state index contributed by atoms with van der Waals surface area (Å²) < 4.78 is 5.44. The number of hydrogen-bond donors (Lipinski definition) is 4. The highest BCUT2D eigenvalue weighted by molar-refractivity contribution is 6.03. The van der Waals surface area contributed by atoms with Gasteiger partial charge in [-0.3, -0.25) is 16.2 Å². The quantitative estimate of drug-likeness (QED) is 0.562. The molecule has 21 heavy (non-hydrogen) atoms. The number of amidine groups is 1. The lowest BCUT2D eigenvalue weighted by Gasteiger charge is -2.42. The predicted molar refractivity (Wildman–Crippen MR) is 75.8 cm³/mol. The van der Waals surface area contributed by atoms with E-state index < -0.39 is 5.66 Å². The number of ether oxygens (including phenoxy) is 1. The van der Waals surface area contributed by atoms with Crippen LogP contribution in [-0.4, -0.2) is 35.9 Å². The molecule has 4 aliphatic rings. The van der Waals surface area contributed by atoms with Crippen LogP contribution in [0.25, 0.3) is 0 Å². The van der Waals surface area contributed by atoms with E-state index >= 15 is 0 Å². The van der Waals surface area contributed by atoms with Crippen LogP contribution in [0, 0.1) is 0 Å². The second-order valence-corrected chi connectivity index (χ2v) is 5.25. The topological polar surface area (TPSA) is 82.2 Å². The van der Waals surface area contributed by atoms with E-state index in [1.807, 2.05) is 12.3 Å². The highest BCUT2D eigenvalue weighted by Gasteiger charge is 2.47. The summed E-state index contributed by atoms with van der Waals surface area (Å²) in [7, 11) is 0. The van der Waals surface area contributed by atoms with Gasteiger partial charge in [0, 0.05) is 31.7 Å². The van der Waals surface area contributed by atoms with Crippen LogP contribution in [0.15, 0.2) is 41.5 Å². The lowest BCUT2D eigenvalue weighted by atomic mass is 9.95. The van der Waals surface area contributed by atoms with E-state index in [0.717, 1.165) is 37.5 Å². The molecule has 0 aromatic carbocycles. The third-order valence-corrected chi connectivity index (χ3v) is 3.98. The van der Waals surface area contributed by atoms with Crippen LogP contribution in [0.3, 0.4) is 0 Å². The van der Waals surface area contributed by atoms with Gasteiger partial charge in [-0.2, -0.15) is 0 Å². The zero-order valence-corrected chi connectivity index (χ0v) is 11.5. The molecule has 1 saturated heterocycles. The van der Waals surface area contributed by atoms with Crippen molar-refractivity contribution in [2.75, 3.05) is 13.2 Å². The Hall–Kier alpha value is -2.03. The van der Waals surface area contributed by atoms with Gasteiger partial charge in [-0.25, -0.2) is 4.99 Å². The second-order valence-electron chi connectivity index (χ2n) is 5.25. The molecule has 0 aliphatic carbocycles. The van der Waals surface area contributed by atoms with E-state index in [9.17, 15) is 0 Å². The summed E-state index contributed by atoms with van der Waals surface area (Å²) in [6, 6.07) is 0.343. The standard InChI is InChI=1S/C13H18N6O2/c1-6-20-7-2-10(1)17-13(19-16-5-8-21-19)3-4-14-12-11(13)9-15-18-12/h3-5,8-10,16-17H,1-2,6-7H2,(H2,14,15,18). The first-order chi connectivity index (χ1) is 10.4. The average molecular weight is 290 g/mol. The number of hydrogen-bond acceptors (Lipinski definition) is 8. The lowest BCUT2D eigenvalue weighted by molar-refractivity contribution is -0.176. The van der Waals surface area contributed by atoms with Crippen molar-refractivity contribution in [2.24, 2.45) is 4.99 Å². The summed E-state index contributed by atoms with van der Waals surface area (Å²) in [5.41, 5.74) is 9.49. The number of hydroxylamine groups is 1. The van der Waals surface area contributed by atoms with Crippen molar-refractivity contribution in [3.63, 3.8) is 0 Å². The first-order valence-electron chi connectivity index (χ1n) is 7.10. The molecule has 0 saturated carbocycles. The SMILES string of the molecule is C1=CC(NC2CCOCC2)(N2NC=CO2)C2=CNNC2=N1. The Morgan fingerprint density at radius 1 is 1.38 bits per heavy atom. The number of nitrogens with one attached hydrogen (secondary N) is 4. The normalized spacial score (nSPS) is 31.6. The van der Waals surface area contributed by atoms with Gasteiger partial charge < -0.3 is 15.0 Å². The number of rotatable bonds is 3. The Morgan fingerprint density at radius 2 is 2.29 bits per heavy atom. The molecule has 4 N–H and O–H groups in total. The molecule has 1 unspecified atom stereocenters. The van der Waals surface area contributed by atoms with Gasteiger partial charge in [0.05, 0.1) is 11.8 Å². The molecule has 4 aliphatic heterocycles. The van der Waals surface area contributed by atoms with E-state index in [2.05, 4.69) is 26.6 Å². The molecule has 0 aromatic rings. The predicted octanol–water partition coefficient (Wildman–Crippen LogP) is -0.408. The molecule has 4 rings (SSSR count). The van der Waals surface area contributed by atoms with Gasteiger partial charge in [-0.1, -0.05) is 0 Å². The maximum absolute atomic E-state index is 5.59. The summed E-state index contributed by atoms with van der Waals surface area (Å²) in [6.07, 6.45) is 11.0. The van der Waals surface area contributed by atoms with Crippen LogP contribution in [0.1, 0.15) is 12.8 Å². The molecule has 0 bridgehead atoms. The lowest BCUT2D eigenvalue weighted by Crippen LogP contribution is -2.65. The Kier molecular flexibility index (Phi) is 3.06. The molecule has 8 nitrogen and oxygen atoms in total. The van der Waals surface area contributed by atoms with Gasteiger partial charge in [-0.05, 0) is 24.1 Å². The fraction of sp³-hybridized carbons (Fsp3) is 0.462. The number of fused-ring (bicyclic) bond motifs is 1. The fourth-order valence-corrected chi connectivity index (χ4v) is 2.93. The maximum Gasteiger partial charge on any atom is 0.179 e. The summed E-state index contributed by atoms with van der Waals surface area (Å²) in [5, 5.41) is 5.38. The van der Waals surface area contributed by atoms with Gasteiger partial charge in [-0.15, -0.1) is 0 Å². The smallest absolute Gasteiger partial charge is 0.179 e. The molecular weight excluding hydrogens is 272 g/mol. The van der Waals surface area contributed by atoms with Gasteiger partial charge in [0.15, 0.2) is 11.5 Å². The van der Waals surface area contributed by atoms with Crippen molar-refractivity contribution >= 4 is 5.84 Å². The third kappa shape index (κ3) is 2.08. The highest BCUT2D eigenvalue weighted by Crippen LogP contribution is 2.31. The molecule has 0 aromatic heterocycles. The molecule has 0 radical (unpaired) electrons. The Bertz CT molecular complexity index is 529. The van der Waals surface area contributed by atoms with E-state index in [1.165, 1.54) is 0 Å². The molecule has 4 heterocycles. The number of aliphatic imine (C=N–C) groups is 1. The number of nitrogens with zero attached hydrogens (tertiary/aromatic N) is 2. The summed E-state index contributed by atoms with van der Waals surface area (Å²) >= 11 is 0. The third-order valence-electron chi connectivity index (χ3n) is 3.98. The first-order valence-corrected chi connectivity index (χ1v) is 7.10. The summed E-state index contributed by atoms with van der Waals surface area (Å²) in [4.78, 5) is 9.94. The Balaban J connectivity index is 1.65. The molecule has 0 amide bonds. The number of hydrazine groups is 2. The van der Waals surface area contributed by atoms with Crippen LogP contribution in [-0.2, 0) is 9.57 Å². The van der Waals surface area contributed by atoms with Crippen molar-refractivity contribution < 1.29 is 9.57 Å². The Morgan fingerprint density at radius 3 is 3.10 bits per heavy atom.